The van der Waals surface area contributed by atoms with Gasteiger partial charge in [0.05, 0.1) is 12.1 Å². The number of rotatable bonds is 6. The standard InChI is InChI=1S/C22H21FN6O2/c1-3-24-14-6-7-29-18(11-25-19(29)9-14)21(30)26-17-8-13(5-4-12(17)2)20-27-22(31-28-20)15-10-16(15)23/h4-9,11,15-16,24H,3,10H2,1-2H3,(H,26,30)/t15?,16-/m0/s1. The lowest BCUT2D eigenvalue weighted by molar-refractivity contribution is 0.102. The van der Waals surface area contributed by atoms with Crippen LogP contribution in [0.4, 0.5) is 15.8 Å². The van der Waals surface area contributed by atoms with Crippen LogP contribution in [0.25, 0.3) is 17.0 Å². The van der Waals surface area contributed by atoms with Gasteiger partial charge in [-0.1, -0.05) is 17.3 Å². The van der Waals surface area contributed by atoms with Crippen molar-refractivity contribution in [3.63, 3.8) is 0 Å². The zero-order valence-electron chi connectivity index (χ0n) is 17.1. The molecule has 31 heavy (non-hydrogen) atoms. The van der Waals surface area contributed by atoms with E-state index < -0.39 is 6.17 Å². The van der Waals surface area contributed by atoms with E-state index in [2.05, 4.69) is 25.8 Å². The quantitative estimate of drug-likeness (QED) is 0.485. The summed E-state index contributed by atoms with van der Waals surface area (Å²) in [6, 6.07) is 9.29. The van der Waals surface area contributed by atoms with Gasteiger partial charge in [-0.2, -0.15) is 4.98 Å². The molecule has 1 fully saturated rings. The average molecular weight is 420 g/mol. The summed E-state index contributed by atoms with van der Waals surface area (Å²) in [6.07, 6.45) is 2.88. The monoisotopic (exact) mass is 420 g/mol. The molecule has 2 atom stereocenters. The van der Waals surface area contributed by atoms with Crippen molar-refractivity contribution in [2.24, 2.45) is 0 Å². The van der Waals surface area contributed by atoms with Crippen LogP contribution in [0.3, 0.4) is 0 Å². The second-order valence-corrected chi connectivity index (χ2v) is 7.62. The van der Waals surface area contributed by atoms with Crippen LogP contribution in [-0.2, 0) is 0 Å². The van der Waals surface area contributed by atoms with Gasteiger partial charge in [-0.3, -0.25) is 9.20 Å². The highest BCUT2D eigenvalue weighted by Crippen LogP contribution is 2.43. The number of imidazole rings is 1. The molecule has 1 aliphatic carbocycles. The van der Waals surface area contributed by atoms with E-state index in [1.807, 2.05) is 44.3 Å². The molecule has 1 aliphatic rings. The first kappa shape index (κ1) is 19.2. The number of anilines is 2. The predicted molar refractivity (Wildman–Crippen MR) is 114 cm³/mol. The van der Waals surface area contributed by atoms with Gasteiger partial charge in [-0.15, -0.1) is 0 Å². The Bertz CT molecular complexity index is 1280. The molecular weight excluding hydrogens is 399 g/mol. The van der Waals surface area contributed by atoms with Crippen LogP contribution < -0.4 is 10.6 Å². The number of carbonyl (C=O) groups excluding carboxylic acids is 1. The van der Waals surface area contributed by atoms with Gasteiger partial charge in [0.2, 0.25) is 11.7 Å². The Morgan fingerprint density at radius 2 is 2.16 bits per heavy atom. The van der Waals surface area contributed by atoms with Gasteiger partial charge in [0, 0.05) is 35.7 Å². The molecule has 0 radical (unpaired) electrons. The van der Waals surface area contributed by atoms with Crippen molar-refractivity contribution < 1.29 is 13.7 Å². The van der Waals surface area contributed by atoms with Gasteiger partial charge in [0.15, 0.2) is 0 Å². The fraction of sp³-hybridized carbons (Fsp3) is 0.273. The molecule has 0 bridgehead atoms. The van der Waals surface area contributed by atoms with Crippen molar-refractivity contribution >= 4 is 22.9 Å². The van der Waals surface area contributed by atoms with Crippen molar-refractivity contribution in [3.05, 3.63) is 59.9 Å². The largest absolute Gasteiger partial charge is 0.385 e. The second kappa shape index (κ2) is 7.50. The highest BCUT2D eigenvalue weighted by atomic mass is 19.1. The number of benzene rings is 1. The Labute approximate surface area is 177 Å². The van der Waals surface area contributed by atoms with Crippen LogP contribution in [0.1, 0.15) is 41.2 Å². The molecule has 1 unspecified atom stereocenters. The zero-order valence-corrected chi connectivity index (χ0v) is 17.1. The molecule has 3 aromatic heterocycles. The van der Waals surface area contributed by atoms with E-state index in [1.165, 1.54) is 0 Å². The molecule has 1 amide bonds. The molecule has 0 spiro atoms. The Hall–Kier alpha value is -3.75. The number of amides is 1. The molecule has 0 aliphatic heterocycles. The molecule has 5 rings (SSSR count). The minimum Gasteiger partial charge on any atom is -0.385 e. The van der Waals surface area contributed by atoms with E-state index in [0.29, 0.717) is 40.7 Å². The summed E-state index contributed by atoms with van der Waals surface area (Å²) >= 11 is 0. The van der Waals surface area contributed by atoms with Gasteiger partial charge in [-0.25, -0.2) is 9.37 Å². The molecule has 1 saturated carbocycles. The van der Waals surface area contributed by atoms with Crippen LogP contribution in [-0.4, -0.2) is 38.1 Å². The Morgan fingerprint density at radius 3 is 2.94 bits per heavy atom. The van der Waals surface area contributed by atoms with E-state index in [-0.39, 0.29) is 11.8 Å². The molecule has 158 valence electrons. The van der Waals surface area contributed by atoms with Crippen molar-refractivity contribution in [2.75, 3.05) is 17.2 Å². The first-order valence-corrected chi connectivity index (χ1v) is 10.1. The lowest BCUT2D eigenvalue weighted by Crippen LogP contribution is -2.15. The molecule has 0 saturated heterocycles. The third kappa shape index (κ3) is 3.63. The van der Waals surface area contributed by atoms with Gasteiger partial charge < -0.3 is 15.2 Å². The SMILES string of the molecule is CCNc1ccn2c(C(=O)Nc3cc(-c4noc(C5C[C@@H]5F)n4)ccc3C)cnc2c1. The summed E-state index contributed by atoms with van der Waals surface area (Å²) in [5, 5.41) is 10.1. The summed E-state index contributed by atoms with van der Waals surface area (Å²) in [5.74, 6) is 0.108. The molecule has 8 nitrogen and oxygen atoms in total. The lowest BCUT2D eigenvalue weighted by Gasteiger charge is -2.10. The number of fused-ring (bicyclic) bond motifs is 1. The first-order valence-electron chi connectivity index (χ1n) is 10.1. The number of nitrogens with one attached hydrogen (secondary N) is 2. The second-order valence-electron chi connectivity index (χ2n) is 7.62. The maximum atomic E-state index is 13.3. The molecule has 2 N–H and O–H groups in total. The molecule has 3 heterocycles. The van der Waals surface area contributed by atoms with Gasteiger partial charge in [0.1, 0.15) is 17.5 Å². The average Bonchev–Trinajstić information content (AvgIpc) is 3.16. The summed E-state index contributed by atoms with van der Waals surface area (Å²) in [7, 11) is 0. The summed E-state index contributed by atoms with van der Waals surface area (Å²) in [6.45, 7) is 4.72. The normalized spacial score (nSPS) is 17.6. The fourth-order valence-corrected chi connectivity index (χ4v) is 3.47. The highest BCUT2D eigenvalue weighted by molar-refractivity contribution is 6.04. The Morgan fingerprint density at radius 1 is 1.32 bits per heavy atom. The van der Waals surface area contributed by atoms with Crippen LogP contribution in [0.15, 0.2) is 47.2 Å². The van der Waals surface area contributed by atoms with Crippen LogP contribution in [0.2, 0.25) is 0 Å². The number of aryl methyl sites for hydroxylation is 1. The van der Waals surface area contributed by atoms with Crippen LogP contribution in [0, 0.1) is 6.92 Å². The number of hydrogen-bond acceptors (Lipinski definition) is 6. The zero-order chi connectivity index (χ0) is 21.5. The minimum atomic E-state index is -0.902. The molecule has 1 aromatic carbocycles. The number of halogens is 1. The molecular formula is C22H21FN6O2. The predicted octanol–water partition coefficient (Wildman–Crippen LogP) is 4.20. The minimum absolute atomic E-state index is 0.281. The van der Waals surface area contributed by atoms with Gasteiger partial charge >= 0.3 is 0 Å². The van der Waals surface area contributed by atoms with Crippen molar-refractivity contribution in [3.8, 4) is 11.4 Å². The van der Waals surface area contributed by atoms with E-state index in [0.717, 1.165) is 17.8 Å². The number of aromatic nitrogens is 4. The fourth-order valence-electron chi connectivity index (χ4n) is 3.47. The number of carbonyl (C=O) groups is 1. The van der Waals surface area contributed by atoms with Crippen LogP contribution in [0.5, 0.6) is 0 Å². The number of alkyl halides is 1. The van der Waals surface area contributed by atoms with Gasteiger partial charge in [-0.05, 0) is 38.0 Å². The first-order chi connectivity index (χ1) is 15.0. The number of pyridine rings is 1. The van der Waals surface area contributed by atoms with E-state index in [1.54, 1.807) is 16.7 Å². The topological polar surface area (TPSA) is 97.3 Å². The Balaban J connectivity index is 1.39. The van der Waals surface area contributed by atoms with Crippen molar-refractivity contribution in [1.82, 2.24) is 19.5 Å². The molecule has 4 aromatic rings. The summed E-state index contributed by atoms with van der Waals surface area (Å²) < 4.78 is 20.2. The van der Waals surface area contributed by atoms with E-state index in [9.17, 15) is 9.18 Å². The van der Waals surface area contributed by atoms with Crippen molar-refractivity contribution in [1.29, 1.82) is 0 Å². The summed E-state index contributed by atoms with van der Waals surface area (Å²) in [4.78, 5) is 21.6. The van der Waals surface area contributed by atoms with Crippen LogP contribution >= 0.6 is 0 Å². The third-order valence-electron chi connectivity index (χ3n) is 5.34. The number of hydrogen-bond donors (Lipinski definition) is 2. The smallest absolute Gasteiger partial charge is 0.274 e. The third-order valence-corrected chi connectivity index (χ3v) is 5.34. The lowest BCUT2D eigenvalue weighted by atomic mass is 10.1. The molecule has 9 heteroatoms. The summed E-state index contributed by atoms with van der Waals surface area (Å²) in [5.41, 5.74) is 4.24. The highest BCUT2D eigenvalue weighted by Gasteiger charge is 2.43. The van der Waals surface area contributed by atoms with Gasteiger partial charge in [0.25, 0.3) is 5.91 Å². The Kier molecular flexibility index (Phi) is 4.65. The van der Waals surface area contributed by atoms with Crippen molar-refractivity contribution in [2.45, 2.75) is 32.4 Å². The van der Waals surface area contributed by atoms with E-state index in [4.69, 9.17) is 4.52 Å². The van der Waals surface area contributed by atoms with E-state index >= 15 is 0 Å². The number of nitrogens with zero attached hydrogens (tertiary/aromatic N) is 4. The maximum absolute atomic E-state index is 13.3. The maximum Gasteiger partial charge on any atom is 0.274 e.